The van der Waals surface area contributed by atoms with Gasteiger partial charge in [-0.3, -0.25) is 9.89 Å². The number of nitrogens with zero attached hydrogens (tertiary/aromatic N) is 2. The van der Waals surface area contributed by atoms with Crippen LogP contribution in [0, 0.1) is 0 Å². The Morgan fingerprint density at radius 2 is 1.90 bits per heavy atom. The van der Waals surface area contributed by atoms with E-state index in [1.165, 1.54) is 24.2 Å². The molecule has 0 radical (unpaired) electrons. The Morgan fingerprint density at radius 3 is 2.60 bits per heavy atom. The topological polar surface area (TPSA) is 48.9 Å². The van der Waals surface area contributed by atoms with Crippen LogP contribution in [0.2, 0.25) is 0 Å². The lowest BCUT2D eigenvalue weighted by Crippen LogP contribution is -2.38. The number of aliphatic imine (C=N–C) groups is 1. The number of hydrogen-bond donors (Lipinski definition) is 2. The van der Waals surface area contributed by atoms with Crippen LogP contribution < -0.4 is 10.6 Å². The average molecular weight is 549 g/mol. The molecule has 0 spiro atoms. The summed E-state index contributed by atoms with van der Waals surface area (Å²) < 4.78 is 6.11. The van der Waals surface area contributed by atoms with E-state index in [1.807, 2.05) is 11.8 Å². The van der Waals surface area contributed by atoms with E-state index in [2.05, 4.69) is 64.0 Å². The minimum absolute atomic E-state index is 0. The lowest BCUT2D eigenvalue weighted by Gasteiger charge is -2.31. The van der Waals surface area contributed by atoms with E-state index >= 15 is 0 Å². The molecule has 172 valence electrons. The van der Waals surface area contributed by atoms with Gasteiger partial charge in [0.25, 0.3) is 0 Å². The number of hydrogen-bond acceptors (Lipinski definition) is 4. The van der Waals surface area contributed by atoms with Crippen LogP contribution >= 0.6 is 35.7 Å². The maximum absolute atomic E-state index is 6.11. The van der Waals surface area contributed by atoms with Crippen molar-refractivity contribution in [1.29, 1.82) is 0 Å². The molecule has 1 aliphatic heterocycles. The van der Waals surface area contributed by atoms with Crippen LogP contribution in [0.25, 0.3) is 0 Å². The van der Waals surface area contributed by atoms with Crippen molar-refractivity contribution in [1.82, 2.24) is 15.5 Å². The maximum Gasteiger partial charge on any atom is 0.191 e. The summed E-state index contributed by atoms with van der Waals surface area (Å²) in [5, 5.41) is 6.75. The Kier molecular flexibility index (Phi) is 16.6. The first kappa shape index (κ1) is 27.5. The highest BCUT2D eigenvalue weighted by Gasteiger charge is 2.19. The lowest BCUT2D eigenvalue weighted by atomic mass is 10.1. The molecular weight excluding hydrogens is 507 g/mol. The molecular formula is C23H41IN4OS. The van der Waals surface area contributed by atoms with Gasteiger partial charge in [0.1, 0.15) is 0 Å². The SMILES string of the molecule is CCNC(=NCCCOC1CCN(Cc2ccccc2)CC1)NCCCCSC.I. The van der Waals surface area contributed by atoms with Crippen LogP contribution in [-0.4, -0.2) is 68.3 Å². The van der Waals surface area contributed by atoms with Crippen molar-refractivity contribution in [2.75, 3.05) is 51.3 Å². The first-order chi connectivity index (χ1) is 14.3. The monoisotopic (exact) mass is 548 g/mol. The number of guanidine groups is 1. The second-order valence-corrected chi connectivity index (χ2v) is 8.56. The normalized spacial score (nSPS) is 15.6. The molecule has 1 saturated heterocycles. The third-order valence-corrected chi connectivity index (χ3v) is 5.82. The zero-order chi connectivity index (χ0) is 20.6. The number of unbranched alkanes of at least 4 members (excludes halogenated alkanes) is 1. The molecule has 1 fully saturated rings. The Bertz CT molecular complexity index is 553. The molecule has 0 bridgehead atoms. The molecule has 2 N–H and O–H groups in total. The summed E-state index contributed by atoms with van der Waals surface area (Å²) in [6.07, 6.45) is 8.27. The molecule has 1 aromatic rings. The smallest absolute Gasteiger partial charge is 0.191 e. The molecule has 0 unspecified atom stereocenters. The molecule has 7 heteroatoms. The number of ether oxygens (including phenoxy) is 1. The Balaban J connectivity index is 0.00000450. The number of nitrogens with one attached hydrogen (secondary N) is 2. The van der Waals surface area contributed by atoms with E-state index in [4.69, 9.17) is 4.74 Å². The van der Waals surface area contributed by atoms with Gasteiger partial charge in [-0.2, -0.15) is 11.8 Å². The van der Waals surface area contributed by atoms with Crippen LogP contribution in [0.1, 0.15) is 44.6 Å². The summed E-state index contributed by atoms with van der Waals surface area (Å²) in [5.41, 5.74) is 1.40. The summed E-state index contributed by atoms with van der Waals surface area (Å²) in [6, 6.07) is 10.7. The number of thioether (sulfide) groups is 1. The molecule has 0 atom stereocenters. The van der Waals surface area contributed by atoms with Crippen molar-refractivity contribution < 1.29 is 4.74 Å². The number of halogens is 1. The summed E-state index contributed by atoms with van der Waals surface area (Å²) in [5.74, 6) is 2.17. The van der Waals surface area contributed by atoms with Crippen molar-refractivity contribution in [3.05, 3.63) is 35.9 Å². The van der Waals surface area contributed by atoms with Gasteiger partial charge in [-0.05, 0) is 56.6 Å². The summed E-state index contributed by atoms with van der Waals surface area (Å²) >= 11 is 1.91. The minimum Gasteiger partial charge on any atom is -0.378 e. The van der Waals surface area contributed by atoms with Gasteiger partial charge in [-0.15, -0.1) is 24.0 Å². The van der Waals surface area contributed by atoms with E-state index in [1.54, 1.807) is 0 Å². The Hall–Kier alpha value is -0.510. The van der Waals surface area contributed by atoms with E-state index in [0.29, 0.717) is 6.10 Å². The van der Waals surface area contributed by atoms with Crippen LogP contribution in [0.15, 0.2) is 35.3 Å². The van der Waals surface area contributed by atoms with E-state index in [9.17, 15) is 0 Å². The number of likely N-dealkylation sites (tertiary alicyclic amines) is 1. The van der Waals surface area contributed by atoms with Gasteiger partial charge >= 0.3 is 0 Å². The third kappa shape index (κ3) is 12.4. The fourth-order valence-electron chi connectivity index (χ4n) is 3.50. The van der Waals surface area contributed by atoms with E-state index < -0.39 is 0 Å². The summed E-state index contributed by atoms with van der Waals surface area (Å²) in [4.78, 5) is 7.21. The molecule has 2 rings (SSSR count). The highest BCUT2D eigenvalue weighted by molar-refractivity contribution is 14.0. The highest BCUT2D eigenvalue weighted by atomic mass is 127. The Morgan fingerprint density at radius 1 is 1.13 bits per heavy atom. The predicted octanol–water partition coefficient (Wildman–Crippen LogP) is 4.37. The first-order valence-corrected chi connectivity index (χ1v) is 12.6. The Labute approximate surface area is 205 Å². The molecule has 0 aromatic heterocycles. The lowest BCUT2D eigenvalue weighted by molar-refractivity contribution is 0.00566. The molecule has 1 aliphatic rings. The molecule has 0 aliphatic carbocycles. The standard InChI is InChI=1S/C23H40N4OS.HI/c1-3-24-23(25-14-7-8-19-29-2)26-15-9-18-28-22-12-16-27(17-13-22)20-21-10-5-4-6-11-21;/h4-6,10-11,22H,3,7-9,12-20H2,1-2H3,(H2,24,25,26);1H. The maximum atomic E-state index is 6.11. The quantitative estimate of drug-likeness (QED) is 0.166. The van der Waals surface area contributed by atoms with E-state index in [0.717, 1.165) is 71.1 Å². The van der Waals surface area contributed by atoms with Crippen molar-refractivity contribution in [3.8, 4) is 0 Å². The average Bonchev–Trinajstić information content (AvgIpc) is 2.75. The summed E-state index contributed by atoms with van der Waals surface area (Å²) in [6.45, 7) is 8.93. The van der Waals surface area contributed by atoms with Gasteiger partial charge in [-0.1, -0.05) is 30.3 Å². The van der Waals surface area contributed by atoms with Gasteiger partial charge in [0, 0.05) is 45.9 Å². The predicted molar refractivity (Wildman–Crippen MR) is 142 cm³/mol. The van der Waals surface area contributed by atoms with Crippen LogP contribution in [0.4, 0.5) is 0 Å². The third-order valence-electron chi connectivity index (χ3n) is 5.12. The summed E-state index contributed by atoms with van der Waals surface area (Å²) in [7, 11) is 0. The number of benzene rings is 1. The molecule has 1 aromatic carbocycles. The molecule has 5 nitrogen and oxygen atoms in total. The largest absolute Gasteiger partial charge is 0.378 e. The van der Waals surface area contributed by atoms with Crippen molar-refractivity contribution >= 4 is 41.7 Å². The van der Waals surface area contributed by atoms with E-state index in [-0.39, 0.29) is 24.0 Å². The van der Waals surface area contributed by atoms with Crippen LogP contribution in [0.5, 0.6) is 0 Å². The van der Waals surface area contributed by atoms with Crippen LogP contribution in [0.3, 0.4) is 0 Å². The zero-order valence-corrected chi connectivity index (χ0v) is 21.9. The molecule has 0 amide bonds. The fourth-order valence-corrected chi connectivity index (χ4v) is 3.99. The van der Waals surface area contributed by atoms with Gasteiger partial charge in [0.15, 0.2) is 5.96 Å². The van der Waals surface area contributed by atoms with Gasteiger partial charge in [0.2, 0.25) is 0 Å². The number of rotatable bonds is 13. The zero-order valence-electron chi connectivity index (χ0n) is 18.8. The second-order valence-electron chi connectivity index (χ2n) is 7.57. The van der Waals surface area contributed by atoms with Gasteiger partial charge in [0.05, 0.1) is 6.10 Å². The fraction of sp³-hybridized carbons (Fsp3) is 0.696. The highest BCUT2D eigenvalue weighted by Crippen LogP contribution is 2.16. The van der Waals surface area contributed by atoms with Gasteiger partial charge < -0.3 is 15.4 Å². The minimum atomic E-state index is 0. The first-order valence-electron chi connectivity index (χ1n) is 11.2. The molecule has 30 heavy (non-hydrogen) atoms. The molecule has 0 saturated carbocycles. The number of piperidine rings is 1. The second kappa shape index (κ2) is 18.1. The van der Waals surface area contributed by atoms with Crippen LogP contribution in [-0.2, 0) is 11.3 Å². The van der Waals surface area contributed by atoms with Gasteiger partial charge in [-0.25, -0.2) is 0 Å². The van der Waals surface area contributed by atoms with Crippen molar-refractivity contribution in [3.63, 3.8) is 0 Å². The molecule has 1 heterocycles. The van der Waals surface area contributed by atoms with Crippen molar-refractivity contribution in [2.24, 2.45) is 4.99 Å². The van der Waals surface area contributed by atoms with Crippen molar-refractivity contribution in [2.45, 2.75) is 51.7 Å².